The summed E-state index contributed by atoms with van der Waals surface area (Å²) in [6.07, 6.45) is 8.60. The minimum Gasteiger partial charge on any atom is -0.496 e. The van der Waals surface area contributed by atoms with Crippen molar-refractivity contribution < 1.29 is 13.9 Å². The molecular formula is C19H25N3O3. The highest BCUT2D eigenvalue weighted by molar-refractivity contribution is 5.89. The molecule has 1 aromatic heterocycles. The Morgan fingerprint density at radius 1 is 1.16 bits per heavy atom. The van der Waals surface area contributed by atoms with Gasteiger partial charge in [-0.3, -0.25) is 4.79 Å². The van der Waals surface area contributed by atoms with E-state index in [0.717, 1.165) is 37.0 Å². The van der Waals surface area contributed by atoms with E-state index in [4.69, 9.17) is 9.15 Å². The van der Waals surface area contributed by atoms with Crippen LogP contribution in [0.2, 0.25) is 0 Å². The highest BCUT2D eigenvalue weighted by Crippen LogP contribution is 2.21. The van der Waals surface area contributed by atoms with Crippen LogP contribution < -0.4 is 10.1 Å². The first-order chi connectivity index (χ1) is 12.3. The van der Waals surface area contributed by atoms with Crippen molar-refractivity contribution in [3.63, 3.8) is 0 Å². The zero-order valence-corrected chi connectivity index (χ0v) is 14.7. The third-order valence-electron chi connectivity index (χ3n) is 4.64. The van der Waals surface area contributed by atoms with E-state index in [0.29, 0.717) is 12.3 Å². The monoisotopic (exact) mass is 343 g/mol. The molecule has 0 atom stereocenters. The number of hydrogen-bond acceptors (Lipinski definition) is 5. The number of hydrogen-bond donors (Lipinski definition) is 1. The van der Waals surface area contributed by atoms with Gasteiger partial charge in [0.05, 0.1) is 13.5 Å². The minimum absolute atomic E-state index is 0.0342. The van der Waals surface area contributed by atoms with Crippen molar-refractivity contribution in [1.82, 2.24) is 15.5 Å². The average molecular weight is 343 g/mol. The maximum Gasteiger partial charge on any atom is 0.309 e. The second-order valence-corrected chi connectivity index (χ2v) is 6.51. The molecule has 1 amide bonds. The number of carbonyl (C=O) groups excluding carboxylic acids is 1. The maximum atomic E-state index is 12.4. The zero-order chi connectivity index (χ0) is 17.5. The van der Waals surface area contributed by atoms with E-state index < -0.39 is 0 Å². The van der Waals surface area contributed by atoms with Crippen molar-refractivity contribution >= 4 is 5.91 Å². The number of carbonyl (C=O) groups is 1. The van der Waals surface area contributed by atoms with E-state index in [2.05, 4.69) is 15.5 Å². The molecule has 0 spiro atoms. The highest BCUT2D eigenvalue weighted by Gasteiger charge is 2.20. The fourth-order valence-corrected chi connectivity index (χ4v) is 3.28. The molecule has 1 saturated carbocycles. The first-order valence-electron chi connectivity index (χ1n) is 9.01. The standard InChI is InChI=1S/C19H25N3O3/c1-24-16-12-8-7-9-14(16)13-17-21-22-19(25-17)18(23)20-15-10-5-3-2-4-6-11-15/h7-9,12,15H,2-6,10-11,13H2,1H3,(H,20,23). The summed E-state index contributed by atoms with van der Waals surface area (Å²) in [6.45, 7) is 0. The number of benzene rings is 1. The summed E-state index contributed by atoms with van der Waals surface area (Å²) in [6, 6.07) is 7.86. The molecule has 134 valence electrons. The average Bonchev–Trinajstić information content (AvgIpc) is 3.06. The Morgan fingerprint density at radius 2 is 1.88 bits per heavy atom. The molecule has 1 heterocycles. The molecule has 0 aliphatic heterocycles. The second kappa shape index (κ2) is 8.65. The number of nitrogens with zero attached hydrogens (tertiary/aromatic N) is 2. The van der Waals surface area contributed by atoms with Gasteiger partial charge in [0, 0.05) is 11.6 Å². The van der Waals surface area contributed by atoms with E-state index in [9.17, 15) is 4.79 Å². The first kappa shape index (κ1) is 17.5. The van der Waals surface area contributed by atoms with Crippen molar-refractivity contribution in [3.8, 4) is 5.75 Å². The van der Waals surface area contributed by atoms with Crippen LogP contribution in [0, 0.1) is 0 Å². The van der Waals surface area contributed by atoms with Gasteiger partial charge in [-0.15, -0.1) is 10.2 Å². The van der Waals surface area contributed by atoms with E-state index in [1.807, 2.05) is 24.3 Å². The van der Waals surface area contributed by atoms with Crippen LogP contribution in [0.5, 0.6) is 5.75 Å². The Bertz CT molecular complexity index is 691. The summed E-state index contributed by atoms with van der Waals surface area (Å²) in [5.41, 5.74) is 0.945. The fraction of sp³-hybridized carbons (Fsp3) is 0.526. The van der Waals surface area contributed by atoms with Crippen LogP contribution in [0.15, 0.2) is 28.7 Å². The number of rotatable bonds is 5. The molecule has 2 aromatic rings. The largest absolute Gasteiger partial charge is 0.496 e. The highest BCUT2D eigenvalue weighted by atomic mass is 16.5. The molecule has 25 heavy (non-hydrogen) atoms. The van der Waals surface area contributed by atoms with E-state index >= 15 is 0 Å². The smallest absolute Gasteiger partial charge is 0.309 e. The molecule has 0 bridgehead atoms. The van der Waals surface area contributed by atoms with Gasteiger partial charge < -0.3 is 14.5 Å². The van der Waals surface area contributed by atoms with Crippen LogP contribution in [-0.2, 0) is 6.42 Å². The zero-order valence-electron chi connectivity index (χ0n) is 14.7. The summed E-state index contributed by atoms with van der Waals surface area (Å²) in [5.74, 6) is 0.935. The maximum absolute atomic E-state index is 12.4. The Morgan fingerprint density at radius 3 is 2.64 bits per heavy atom. The lowest BCUT2D eigenvalue weighted by Gasteiger charge is -2.19. The minimum atomic E-state index is -0.274. The third kappa shape index (κ3) is 4.81. The number of nitrogens with one attached hydrogen (secondary N) is 1. The Hall–Kier alpha value is -2.37. The summed E-state index contributed by atoms with van der Waals surface area (Å²) in [5, 5.41) is 11.0. The molecule has 6 nitrogen and oxygen atoms in total. The molecule has 1 N–H and O–H groups in total. The van der Waals surface area contributed by atoms with Crippen LogP contribution in [0.25, 0.3) is 0 Å². The normalized spacial score (nSPS) is 16.0. The molecular weight excluding hydrogens is 318 g/mol. The topological polar surface area (TPSA) is 77.2 Å². The molecule has 1 aromatic carbocycles. The summed E-state index contributed by atoms with van der Waals surface area (Å²) < 4.78 is 10.9. The van der Waals surface area contributed by atoms with Crippen molar-refractivity contribution in [2.24, 2.45) is 0 Å². The van der Waals surface area contributed by atoms with Crippen molar-refractivity contribution in [2.45, 2.75) is 57.4 Å². The molecule has 1 aliphatic rings. The van der Waals surface area contributed by atoms with Crippen molar-refractivity contribution in [3.05, 3.63) is 41.6 Å². The Labute approximate surface area is 148 Å². The lowest BCUT2D eigenvalue weighted by Crippen LogP contribution is -2.35. The molecule has 3 rings (SSSR count). The van der Waals surface area contributed by atoms with Gasteiger partial charge in [0.15, 0.2) is 0 Å². The van der Waals surface area contributed by atoms with Crippen molar-refractivity contribution in [2.75, 3.05) is 7.11 Å². The van der Waals surface area contributed by atoms with Crippen LogP contribution in [-0.4, -0.2) is 29.3 Å². The molecule has 0 unspecified atom stereocenters. The predicted molar refractivity (Wildman–Crippen MR) is 93.7 cm³/mol. The quantitative estimate of drug-likeness (QED) is 0.899. The Kier molecular flexibility index (Phi) is 6.04. The van der Waals surface area contributed by atoms with Crippen LogP contribution in [0.3, 0.4) is 0 Å². The second-order valence-electron chi connectivity index (χ2n) is 6.51. The number of aromatic nitrogens is 2. The van der Waals surface area contributed by atoms with Gasteiger partial charge in [0.1, 0.15) is 5.75 Å². The number of ether oxygens (including phenoxy) is 1. The van der Waals surface area contributed by atoms with Gasteiger partial charge in [-0.2, -0.15) is 0 Å². The van der Waals surface area contributed by atoms with Gasteiger partial charge in [0.25, 0.3) is 0 Å². The van der Waals surface area contributed by atoms with Crippen LogP contribution >= 0.6 is 0 Å². The number of amides is 1. The number of para-hydroxylation sites is 1. The van der Waals surface area contributed by atoms with E-state index in [1.165, 1.54) is 19.3 Å². The van der Waals surface area contributed by atoms with Crippen LogP contribution in [0.1, 0.15) is 67.1 Å². The van der Waals surface area contributed by atoms with Gasteiger partial charge in [-0.25, -0.2) is 0 Å². The molecule has 6 heteroatoms. The fourth-order valence-electron chi connectivity index (χ4n) is 3.28. The van der Waals surface area contributed by atoms with E-state index in [-0.39, 0.29) is 17.8 Å². The lowest BCUT2D eigenvalue weighted by molar-refractivity contribution is 0.0893. The molecule has 0 radical (unpaired) electrons. The molecule has 1 aliphatic carbocycles. The molecule has 0 saturated heterocycles. The van der Waals surface area contributed by atoms with Gasteiger partial charge in [-0.1, -0.05) is 50.3 Å². The van der Waals surface area contributed by atoms with Gasteiger partial charge in [-0.05, 0) is 18.9 Å². The van der Waals surface area contributed by atoms with Gasteiger partial charge in [0.2, 0.25) is 5.89 Å². The van der Waals surface area contributed by atoms with Crippen molar-refractivity contribution in [1.29, 1.82) is 0 Å². The Balaban J connectivity index is 1.61. The lowest BCUT2D eigenvalue weighted by atomic mass is 9.97. The first-order valence-corrected chi connectivity index (χ1v) is 9.01. The molecule has 1 fully saturated rings. The van der Waals surface area contributed by atoms with Crippen LogP contribution in [0.4, 0.5) is 0 Å². The predicted octanol–water partition coefficient (Wildman–Crippen LogP) is 3.51. The summed E-state index contributed by atoms with van der Waals surface area (Å²) >= 11 is 0. The van der Waals surface area contributed by atoms with E-state index in [1.54, 1.807) is 7.11 Å². The third-order valence-corrected chi connectivity index (χ3v) is 4.64. The van der Waals surface area contributed by atoms with Gasteiger partial charge >= 0.3 is 11.8 Å². The summed E-state index contributed by atoms with van der Waals surface area (Å²) in [4.78, 5) is 12.4. The summed E-state index contributed by atoms with van der Waals surface area (Å²) in [7, 11) is 1.63. The number of methoxy groups -OCH3 is 1. The SMILES string of the molecule is COc1ccccc1Cc1nnc(C(=O)NC2CCCCCCC2)o1.